The zero-order valence-electron chi connectivity index (χ0n) is 49.4. The molecule has 0 amide bonds. The fraction of sp³-hybridized carbons (Fsp3) is 0.158. The molecular weight excluding hydrogens is 1120 g/mol. The maximum absolute atomic E-state index is 3.73. The summed E-state index contributed by atoms with van der Waals surface area (Å²) in [6.45, 7) is 9.22. The van der Waals surface area contributed by atoms with Gasteiger partial charge in [-0.25, -0.2) is 0 Å². The van der Waals surface area contributed by atoms with Crippen molar-refractivity contribution in [2.75, 3.05) is 20.3 Å². The minimum atomic E-state index is 0.0744. The number of nitrogens with zero attached hydrogens (tertiary/aromatic N) is 2. The monoisotopic (exact) mass is 1190 g/mol. The van der Waals surface area contributed by atoms with Crippen molar-refractivity contribution in [3.63, 3.8) is 0 Å². The van der Waals surface area contributed by atoms with E-state index in [1.165, 1.54) is 106 Å². The lowest BCUT2D eigenvalue weighted by molar-refractivity contribution is 0.940. The lowest BCUT2D eigenvalue weighted by atomic mass is 9.46. The van der Waals surface area contributed by atoms with Gasteiger partial charge in [-0.05, 0) is 134 Å². The highest BCUT2D eigenvalue weighted by atomic mass is 32.1. The third-order valence-electron chi connectivity index (χ3n) is 16.3. The number of anilines is 8. The van der Waals surface area contributed by atoms with E-state index in [1.54, 1.807) is 0 Å². The summed E-state index contributed by atoms with van der Waals surface area (Å²) in [5, 5.41) is 7.46. The van der Waals surface area contributed by atoms with Crippen molar-refractivity contribution >= 4 is 126 Å². The summed E-state index contributed by atoms with van der Waals surface area (Å²) in [6, 6.07) is 89.1. The van der Waals surface area contributed by atoms with Gasteiger partial charge in [0.1, 0.15) is 0 Å². The van der Waals surface area contributed by atoms with E-state index in [2.05, 4.69) is 291 Å². The summed E-state index contributed by atoms with van der Waals surface area (Å²) in [7, 11) is 0. The normalized spacial score (nSPS) is 12.2. The molecule has 0 fully saturated rings. The highest BCUT2D eigenvalue weighted by Crippen LogP contribution is 2.52. The van der Waals surface area contributed by atoms with E-state index in [-0.39, 0.29) is 13.7 Å². The highest BCUT2D eigenvalue weighted by molar-refractivity contribution is 7.19. The van der Waals surface area contributed by atoms with Gasteiger partial charge in [0.25, 0.3) is 0 Å². The van der Waals surface area contributed by atoms with Crippen LogP contribution >= 0.6 is 45.3 Å². The van der Waals surface area contributed by atoms with Crippen LogP contribution in [0.4, 0.5) is 45.5 Å². The van der Waals surface area contributed by atoms with Crippen molar-refractivity contribution in [3.8, 4) is 41.8 Å². The summed E-state index contributed by atoms with van der Waals surface area (Å²) in [5.74, 6) is 0. The summed E-state index contributed by atoms with van der Waals surface area (Å²) >= 11 is 7.79. The smallest absolute Gasteiger partial charge is 0.329 e. The molecule has 10 heteroatoms. The average Bonchev–Trinajstić information content (AvgIpc) is 1.30. The molecule has 0 spiro atoms. The minimum Gasteiger partial charge on any atom is -0.376 e. The fourth-order valence-electron chi connectivity index (χ4n) is 12.4. The summed E-state index contributed by atoms with van der Waals surface area (Å²) in [5.41, 5.74) is 20.0. The van der Waals surface area contributed by atoms with E-state index >= 15 is 0 Å². The molecule has 0 atom stereocenters. The second-order valence-corrected chi connectivity index (χ2v) is 27.0. The molecule has 0 unspecified atom stereocenters. The molecule has 2 aliphatic rings. The topological polar surface area (TPSA) is 30.5 Å². The molecule has 4 aromatic heterocycles. The summed E-state index contributed by atoms with van der Waals surface area (Å²) in [4.78, 5) is 16.4. The van der Waals surface area contributed by atoms with Crippen LogP contribution in [-0.4, -0.2) is 13.7 Å². The fourth-order valence-corrected chi connectivity index (χ4v) is 17.3. The van der Waals surface area contributed by atoms with Gasteiger partial charge < -0.3 is 20.3 Å². The van der Waals surface area contributed by atoms with E-state index < -0.39 is 0 Å². The van der Waals surface area contributed by atoms with Gasteiger partial charge in [0.05, 0.1) is 0 Å². The molecule has 424 valence electrons. The van der Waals surface area contributed by atoms with Crippen LogP contribution < -0.4 is 42.1 Å². The predicted molar refractivity (Wildman–Crippen MR) is 382 cm³/mol. The first-order valence-corrected chi connectivity index (χ1v) is 34.0. The molecule has 0 saturated carbocycles. The Morgan fingerprint density at radius 1 is 0.326 bits per heavy atom. The molecule has 0 saturated heterocycles. The quantitative estimate of drug-likeness (QED) is 0.0839. The molecule has 0 bridgehead atoms. The van der Waals surface area contributed by atoms with Crippen LogP contribution in [0, 0.1) is 0 Å². The van der Waals surface area contributed by atoms with Crippen LogP contribution in [0.25, 0.3) is 41.8 Å². The van der Waals surface area contributed by atoms with Crippen molar-refractivity contribution in [2.45, 2.75) is 79.1 Å². The van der Waals surface area contributed by atoms with Gasteiger partial charge in [-0.2, -0.15) is 0 Å². The summed E-state index contributed by atoms with van der Waals surface area (Å²) < 4.78 is 0. The summed E-state index contributed by atoms with van der Waals surface area (Å²) in [6.07, 6.45) is 9.02. The van der Waals surface area contributed by atoms with Crippen LogP contribution in [-0.2, 0) is 25.7 Å². The van der Waals surface area contributed by atoms with E-state index in [0.717, 1.165) is 74.1 Å². The number of hydrogen-bond acceptors (Lipinski definition) is 8. The molecule has 12 aromatic rings. The number of hydrogen-bond donors (Lipinski definition) is 2. The standard InChI is InChI=1S/C44H38B2N2S2.C32H32N2S2/c1-3-17-35-27-39-43(49-35)37-29-42-38(30-41(37)47(33-23-13-7-14-24-33)45(39)31-19-9-5-10-20-31)44-40(28-36(50-44)18-4-2)46(32-21-11-6-12-22-32)48(42)34-25-15-8-16-26-34;1-3-11-25-17-19-31(35-25)27-21-30(34-24-15-9-6-10-16-24)28(32-20-18-26(36-32)12-4-2)22-29(27)33-23-13-7-5-8-14-23/h5-16,19-30H,3-4,17-18H2,1-2H3;5-10,13-22,33-34H,3-4,11-12H2,1-2H3. The van der Waals surface area contributed by atoms with Crippen LogP contribution in [0.5, 0.6) is 0 Å². The SMILES string of the molecule is CCCc1cc2c(s1)-c1cc3c(cc1N(c1ccccc1)B2c1ccccc1)-c1sc(CCC)cc1B(c1ccccc1)N3c1ccccc1.CCCc1ccc(-c2cc(Nc3ccccc3)c(-c3ccc(CCC)s3)cc2Nc2ccccc2)s1. The number of thiophene rings is 4. The zero-order valence-corrected chi connectivity index (χ0v) is 52.7. The Balaban J connectivity index is 0.000000169. The Hall–Kier alpha value is -8.11. The van der Waals surface area contributed by atoms with Crippen LogP contribution in [0.2, 0.25) is 0 Å². The number of nitrogens with one attached hydrogen (secondary N) is 2. The second-order valence-electron chi connectivity index (χ2n) is 22.4. The maximum Gasteiger partial charge on any atom is 0.329 e. The van der Waals surface area contributed by atoms with E-state index in [4.69, 9.17) is 0 Å². The highest BCUT2D eigenvalue weighted by Gasteiger charge is 2.43. The van der Waals surface area contributed by atoms with Gasteiger partial charge >= 0.3 is 13.7 Å². The van der Waals surface area contributed by atoms with Crippen molar-refractivity contribution in [3.05, 3.63) is 262 Å². The molecule has 6 heterocycles. The molecule has 2 N–H and O–H groups in total. The molecule has 4 nitrogen and oxygen atoms in total. The Kier molecular flexibility index (Phi) is 17.4. The number of para-hydroxylation sites is 4. The first-order valence-electron chi connectivity index (χ1n) is 30.7. The first-order chi connectivity index (χ1) is 42.5. The van der Waals surface area contributed by atoms with Gasteiger partial charge in [0, 0.05) is 107 Å². The van der Waals surface area contributed by atoms with Gasteiger partial charge in [-0.3, -0.25) is 0 Å². The first kappa shape index (κ1) is 57.0. The predicted octanol–water partition coefficient (Wildman–Crippen LogP) is 20.1. The number of rotatable bonds is 18. The Bertz CT molecular complexity index is 3930. The van der Waals surface area contributed by atoms with Gasteiger partial charge in [-0.15, -0.1) is 45.3 Å². The second kappa shape index (κ2) is 26.2. The van der Waals surface area contributed by atoms with Gasteiger partial charge in [0.2, 0.25) is 0 Å². The third kappa shape index (κ3) is 11.8. The minimum absolute atomic E-state index is 0.0744. The van der Waals surface area contributed by atoms with Crippen molar-refractivity contribution < 1.29 is 0 Å². The van der Waals surface area contributed by atoms with Crippen molar-refractivity contribution in [1.82, 2.24) is 0 Å². The average molecular weight is 1190 g/mol. The van der Waals surface area contributed by atoms with Crippen molar-refractivity contribution in [1.29, 1.82) is 0 Å². The number of fused-ring (bicyclic) bond motifs is 6. The number of aryl methyl sites for hydroxylation is 4. The molecule has 14 rings (SSSR count). The maximum atomic E-state index is 3.73. The lowest BCUT2D eigenvalue weighted by Crippen LogP contribution is -2.58. The van der Waals surface area contributed by atoms with Crippen molar-refractivity contribution in [2.24, 2.45) is 0 Å². The van der Waals surface area contributed by atoms with Gasteiger partial charge in [-0.1, -0.05) is 210 Å². The Morgan fingerprint density at radius 3 is 1.02 bits per heavy atom. The third-order valence-corrected chi connectivity index (χ3v) is 21.1. The Labute approximate surface area is 525 Å². The number of benzene rings is 8. The van der Waals surface area contributed by atoms with Gasteiger partial charge in [0.15, 0.2) is 0 Å². The van der Waals surface area contributed by atoms with E-state index in [1.807, 2.05) is 45.3 Å². The molecule has 86 heavy (non-hydrogen) atoms. The van der Waals surface area contributed by atoms with Crippen LogP contribution in [0.3, 0.4) is 0 Å². The zero-order chi connectivity index (χ0) is 58.3. The van der Waals surface area contributed by atoms with Crippen LogP contribution in [0.15, 0.2) is 243 Å². The molecule has 0 aliphatic carbocycles. The Morgan fingerprint density at radius 2 is 0.663 bits per heavy atom. The molecule has 8 aromatic carbocycles. The van der Waals surface area contributed by atoms with E-state index in [9.17, 15) is 0 Å². The largest absolute Gasteiger partial charge is 0.376 e. The molecular formula is C76H70B2N4S4. The lowest BCUT2D eigenvalue weighted by Gasteiger charge is -2.41. The van der Waals surface area contributed by atoms with Crippen LogP contribution in [0.1, 0.15) is 72.9 Å². The molecule has 0 radical (unpaired) electrons. The van der Waals surface area contributed by atoms with E-state index in [0.29, 0.717) is 0 Å². The molecule has 2 aliphatic heterocycles.